The second-order valence-corrected chi connectivity index (χ2v) is 7.89. The van der Waals surface area contributed by atoms with Crippen molar-refractivity contribution in [3.8, 4) is 0 Å². The van der Waals surface area contributed by atoms with Gasteiger partial charge < -0.3 is 10.1 Å². The highest BCUT2D eigenvalue weighted by molar-refractivity contribution is 5.77. The van der Waals surface area contributed by atoms with E-state index in [2.05, 4.69) is 5.32 Å². The van der Waals surface area contributed by atoms with E-state index in [0.717, 1.165) is 37.4 Å². The molecule has 0 heterocycles. The number of halogens is 1. The first-order valence-corrected chi connectivity index (χ1v) is 10.6. The number of unbranched alkanes of at least 4 members (excludes halogenated alkanes) is 1. The van der Waals surface area contributed by atoms with Gasteiger partial charge in [-0.1, -0.05) is 37.8 Å². The molecule has 0 unspecified atom stereocenters. The molecule has 2 rings (SSSR count). The van der Waals surface area contributed by atoms with Gasteiger partial charge in [-0.25, -0.2) is 9.87 Å². The molecule has 6 heteroatoms. The minimum Gasteiger partial charge on any atom is -0.377 e. The molecule has 1 fully saturated rings. The Bertz CT molecular complexity index is 561. The first-order chi connectivity index (χ1) is 13.6. The van der Waals surface area contributed by atoms with E-state index < -0.39 is 0 Å². The van der Waals surface area contributed by atoms with Gasteiger partial charge in [0.2, 0.25) is 5.91 Å². The van der Waals surface area contributed by atoms with Crippen molar-refractivity contribution >= 4 is 5.91 Å². The summed E-state index contributed by atoms with van der Waals surface area (Å²) in [6.07, 6.45) is 9.49. The Kier molecular flexibility index (Phi) is 10.5. The molecule has 3 N–H and O–H groups in total. The number of benzene rings is 1. The van der Waals surface area contributed by atoms with Crippen molar-refractivity contribution in [2.45, 2.75) is 63.9 Å². The third-order valence-electron chi connectivity index (χ3n) is 5.82. The molecule has 158 valence electrons. The summed E-state index contributed by atoms with van der Waals surface area (Å²) in [5, 5.41) is 12.6. The highest BCUT2D eigenvalue weighted by Crippen LogP contribution is 2.28. The zero-order chi connectivity index (χ0) is 20.2. The number of methoxy groups -OCH3 is 1. The quantitative estimate of drug-likeness (QED) is 0.280. The van der Waals surface area contributed by atoms with Crippen LogP contribution in [0.3, 0.4) is 0 Å². The second-order valence-electron chi connectivity index (χ2n) is 7.89. The summed E-state index contributed by atoms with van der Waals surface area (Å²) in [4.78, 5) is 12.1. The Hall–Kier alpha value is -1.50. The summed E-state index contributed by atoms with van der Waals surface area (Å²) in [6.45, 7) is 2.05. The monoisotopic (exact) mass is 394 g/mol. The topological polar surface area (TPSA) is 70.6 Å². The van der Waals surface area contributed by atoms with Gasteiger partial charge in [-0.15, -0.1) is 0 Å². The van der Waals surface area contributed by atoms with Crippen LogP contribution in [0.25, 0.3) is 0 Å². The minimum absolute atomic E-state index is 0.302. The van der Waals surface area contributed by atoms with Crippen molar-refractivity contribution in [2.75, 3.05) is 20.2 Å². The largest absolute Gasteiger partial charge is 0.377 e. The molecule has 0 aliphatic heterocycles. The van der Waals surface area contributed by atoms with Crippen molar-refractivity contribution in [2.24, 2.45) is 11.8 Å². The zero-order valence-electron chi connectivity index (χ0n) is 17.0. The molecular weight excluding hydrogens is 359 g/mol. The van der Waals surface area contributed by atoms with Crippen LogP contribution in [0.4, 0.5) is 4.39 Å². The van der Waals surface area contributed by atoms with Gasteiger partial charge in [-0.2, -0.15) is 0 Å². The van der Waals surface area contributed by atoms with Crippen LogP contribution in [0.15, 0.2) is 24.3 Å². The van der Waals surface area contributed by atoms with E-state index in [1.165, 1.54) is 44.2 Å². The lowest BCUT2D eigenvalue weighted by Crippen LogP contribution is -2.30. The van der Waals surface area contributed by atoms with E-state index >= 15 is 0 Å². The maximum absolute atomic E-state index is 13.1. The maximum Gasteiger partial charge on any atom is 0.246 e. The van der Waals surface area contributed by atoms with E-state index in [9.17, 15) is 9.18 Å². The van der Waals surface area contributed by atoms with Crippen molar-refractivity contribution in [1.29, 1.82) is 0 Å². The van der Waals surface area contributed by atoms with Gasteiger partial charge in [-0.3, -0.25) is 10.0 Å². The van der Waals surface area contributed by atoms with Crippen LogP contribution in [0.1, 0.15) is 69.5 Å². The molecule has 1 aliphatic carbocycles. The molecule has 0 saturated heterocycles. The van der Waals surface area contributed by atoms with Gasteiger partial charge in [0.05, 0.1) is 6.10 Å². The number of carbonyl (C=O) groups excluding carboxylic acids is 1. The van der Waals surface area contributed by atoms with Gasteiger partial charge in [0.25, 0.3) is 0 Å². The summed E-state index contributed by atoms with van der Waals surface area (Å²) in [5.41, 5.74) is 2.61. The standard InChI is InChI=1S/C22H35FN2O3/c1-28-21(18-10-12-20(23)13-11-18)15-19(22(26)25-27)9-5-6-14-24-16-17-7-3-2-4-8-17/h10-13,17,19,21,24,27H,2-9,14-16H2,1H3,(H,25,26)/t19-,21+/m0/s1. The van der Waals surface area contributed by atoms with Crippen LogP contribution in [0, 0.1) is 17.7 Å². The van der Waals surface area contributed by atoms with Crippen LogP contribution in [-0.4, -0.2) is 31.3 Å². The first kappa shape index (κ1) is 22.8. The number of hydrogen-bond donors (Lipinski definition) is 3. The Morgan fingerprint density at radius 2 is 1.93 bits per heavy atom. The van der Waals surface area contributed by atoms with Crippen LogP contribution in [0.2, 0.25) is 0 Å². The predicted molar refractivity (Wildman–Crippen MR) is 107 cm³/mol. The van der Waals surface area contributed by atoms with Crippen molar-refractivity contribution in [1.82, 2.24) is 10.8 Å². The van der Waals surface area contributed by atoms with Crippen LogP contribution < -0.4 is 10.8 Å². The molecule has 1 saturated carbocycles. The van der Waals surface area contributed by atoms with Crippen LogP contribution in [0.5, 0.6) is 0 Å². The minimum atomic E-state index is -0.390. The molecule has 0 bridgehead atoms. The smallest absolute Gasteiger partial charge is 0.246 e. The molecular formula is C22H35FN2O3. The maximum atomic E-state index is 13.1. The number of nitrogens with one attached hydrogen (secondary N) is 2. The summed E-state index contributed by atoms with van der Waals surface area (Å²) < 4.78 is 18.7. The van der Waals surface area contributed by atoms with Crippen LogP contribution in [-0.2, 0) is 9.53 Å². The summed E-state index contributed by atoms with van der Waals surface area (Å²) in [7, 11) is 1.58. The number of carbonyl (C=O) groups is 1. The van der Waals surface area contributed by atoms with E-state index in [1.54, 1.807) is 24.7 Å². The van der Waals surface area contributed by atoms with E-state index in [0.29, 0.717) is 12.8 Å². The van der Waals surface area contributed by atoms with Crippen molar-refractivity contribution in [3.63, 3.8) is 0 Å². The molecule has 1 amide bonds. The third kappa shape index (κ3) is 7.86. The SMILES string of the molecule is CO[C@H](C[C@H](CCCCNCC1CCCCC1)C(=O)NO)c1ccc(F)cc1. The molecule has 5 nitrogen and oxygen atoms in total. The molecule has 1 aromatic rings. The molecule has 0 aromatic heterocycles. The second kappa shape index (κ2) is 12.9. The first-order valence-electron chi connectivity index (χ1n) is 10.6. The molecule has 0 spiro atoms. The number of hydrogen-bond acceptors (Lipinski definition) is 4. The highest BCUT2D eigenvalue weighted by Gasteiger charge is 2.23. The molecule has 0 radical (unpaired) electrons. The fraction of sp³-hybridized carbons (Fsp3) is 0.682. The van der Waals surface area contributed by atoms with E-state index in [4.69, 9.17) is 9.94 Å². The lowest BCUT2D eigenvalue weighted by molar-refractivity contribution is -0.135. The fourth-order valence-corrected chi connectivity index (χ4v) is 4.09. The Labute approximate surface area is 168 Å². The Morgan fingerprint density at radius 1 is 1.21 bits per heavy atom. The summed E-state index contributed by atoms with van der Waals surface area (Å²) in [5.74, 6) is -0.221. The van der Waals surface area contributed by atoms with Crippen molar-refractivity contribution < 1.29 is 19.1 Å². The fourth-order valence-electron chi connectivity index (χ4n) is 4.09. The van der Waals surface area contributed by atoms with Crippen molar-refractivity contribution in [3.05, 3.63) is 35.6 Å². The molecule has 1 aromatic carbocycles. The number of amides is 1. The van der Waals surface area contributed by atoms with Gasteiger partial charge in [-0.05, 0) is 68.8 Å². The molecule has 1 aliphatic rings. The highest BCUT2D eigenvalue weighted by atomic mass is 19.1. The number of hydroxylamine groups is 1. The van der Waals surface area contributed by atoms with Gasteiger partial charge in [0.1, 0.15) is 5.82 Å². The number of rotatable bonds is 12. The van der Waals surface area contributed by atoms with E-state index in [-0.39, 0.29) is 23.7 Å². The lowest BCUT2D eigenvalue weighted by atomic mass is 9.89. The van der Waals surface area contributed by atoms with E-state index in [1.807, 2.05) is 0 Å². The lowest BCUT2D eigenvalue weighted by Gasteiger charge is -2.22. The summed E-state index contributed by atoms with van der Waals surface area (Å²) >= 11 is 0. The Balaban J connectivity index is 1.74. The number of ether oxygens (including phenoxy) is 1. The normalized spacial score (nSPS) is 17.2. The van der Waals surface area contributed by atoms with Gasteiger partial charge in [0.15, 0.2) is 0 Å². The predicted octanol–water partition coefficient (Wildman–Crippen LogP) is 4.37. The average Bonchev–Trinajstić information content (AvgIpc) is 2.73. The zero-order valence-corrected chi connectivity index (χ0v) is 17.0. The summed E-state index contributed by atoms with van der Waals surface area (Å²) in [6, 6.07) is 6.13. The molecule has 28 heavy (non-hydrogen) atoms. The third-order valence-corrected chi connectivity index (χ3v) is 5.82. The van der Waals surface area contributed by atoms with Gasteiger partial charge >= 0.3 is 0 Å². The van der Waals surface area contributed by atoms with Crippen LogP contribution >= 0.6 is 0 Å². The van der Waals surface area contributed by atoms with Gasteiger partial charge in [0, 0.05) is 13.0 Å². The Morgan fingerprint density at radius 3 is 2.57 bits per heavy atom. The molecule has 2 atom stereocenters. The average molecular weight is 395 g/mol.